The van der Waals surface area contributed by atoms with Crippen LogP contribution in [-0.2, 0) is 6.42 Å². The van der Waals surface area contributed by atoms with Crippen LogP contribution < -0.4 is 0 Å². The second-order valence-electron chi connectivity index (χ2n) is 5.11. The minimum absolute atomic E-state index is 0.275. The molecule has 2 rings (SSSR count). The van der Waals surface area contributed by atoms with Crippen LogP contribution in [0.2, 0.25) is 5.02 Å². The molecule has 0 spiro atoms. The van der Waals surface area contributed by atoms with E-state index in [-0.39, 0.29) is 5.41 Å². The third kappa shape index (κ3) is 3.39. The first-order valence-corrected chi connectivity index (χ1v) is 7.86. The highest BCUT2D eigenvalue weighted by Crippen LogP contribution is 2.41. The lowest BCUT2D eigenvalue weighted by atomic mass is 9.72. The molecule has 0 bridgehead atoms. The molecule has 1 aliphatic carbocycles. The molecule has 94 valence electrons. The smallest absolute Gasteiger partial charge is 0.0449 e. The Morgan fingerprint density at radius 1 is 1.18 bits per heavy atom. The Bertz CT molecular complexity index is 384. The van der Waals surface area contributed by atoms with Crippen LogP contribution in [0.4, 0.5) is 0 Å². The molecule has 0 aliphatic heterocycles. The monoisotopic (exact) mass is 334 g/mol. The lowest BCUT2D eigenvalue weighted by molar-refractivity contribution is 0.219. The molecule has 0 N–H and O–H groups in total. The molecule has 1 fully saturated rings. The van der Waals surface area contributed by atoms with E-state index in [4.69, 9.17) is 23.2 Å². The van der Waals surface area contributed by atoms with Crippen molar-refractivity contribution in [2.24, 2.45) is 5.41 Å². The van der Waals surface area contributed by atoms with Gasteiger partial charge in [-0.3, -0.25) is 0 Å². The predicted molar refractivity (Wildman–Crippen MR) is 79.1 cm³/mol. The van der Waals surface area contributed by atoms with E-state index in [1.165, 1.54) is 37.7 Å². The molecule has 1 saturated carbocycles. The number of benzene rings is 1. The first-order valence-electron chi connectivity index (χ1n) is 6.15. The number of hydrogen-bond acceptors (Lipinski definition) is 0. The van der Waals surface area contributed by atoms with Crippen LogP contribution in [0.15, 0.2) is 22.7 Å². The van der Waals surface area contributed by atoms with Gasteiger partial charge in [-0.05, 0) is 42.4 Å². The summed E-state index contributed by atoms with van der Waals surface area (Å²) in [5.41, 5.74) is 1.51. The van der Waals surface area contributed by atoms with Gasteiger partial charge in [0.1, 0.15) is 0 Å². The largest absolute Gasteiger partial charge is 0.126 e. The zero-order valence-corrected chi connectivity index (χ0v) is 12.9. The Labute approximate surface area is 122 Å². The van der Waals surface area contributed by atoms with E-state index < -0.39 is 0 Å². The highest BCUT2D eigenvalue weighted by Gasteiger charge is 2.31. The SMILES string of the molecule is ClCC1(Cc2ccc(Br)cc2Cl)CCCCC1. The normalized spacial score (nSPS) is 19.2. The zero-order chi connectivity index (χ0) is 12.3. The van der Waals surface area contributed by atoms with Crippen molar-refractivity contribution in [3.8, 4) is 0 Å². The molecule has 3 heteroatoms. The Morgan fingerprint density at radius 3 is 2.47 bits per heavy atom. The summed E-state index contributed by atoms with van der Waals surface area (Å²) in [7, 11) is 0. The fourth-order valence-electron chi connectivity index (χ4n) is 2.73. The molecule has 0 heterocycles. The highest BCUT2D eigenvalue weighted by atomic mass is 79.9. The van der Waals surface area contributed by atoms with Gasteiger partial charge < -0.3 is 0 Å². The quantitative estimate of drug-likeness (QED) is 0.609. The second kappa shape index (κ2) is 5.95. The average Bonchev–Trinajstić information content (AvgIpc) is 2.34. The van der Waals surface area contributed by atoms with Gasteiger partial charge in [-0.15, -0.1) is 11.6 Å². The molecule has 0 nitrogen and oxygen atoms in total. The molecule has 0 aromatic heterocycles. The van der Waals surface area contributed by atoms with Gasteiger partial charge in [-0.1, -0.05) is 52.9 Å². The molecule has 1 aromatic rings. The number of halogens is 3. The summed E-state index contributed by atoms with van der Waals surface area (Å²) in [4.78, 5) is 0. The van der Waals surface area contributed by atoms with E-state index in [0.717, 1.165) is 21.8 Å². The van der Waals surface area contributed by atoms with E-state index in [1.54, 1.807) is 0 Å². The summed E-state index contributed by atoms with van der Waals surface area (Å²) >= 11 is 16.0. The maximum Gasteiger partial charge on any atom is 0.0449 e. The molecule has 0 atom stereocenters. The molecular formula is C14H17BrCl2. The molecular weight excluding hydrogens is 319 g/mol. The maximum atomic E-state index is 6.29. The first kappa shape index (κ1) is 13.7. The highest BCUT2D eigenvalue weighted by molar-refractivity contribution is 9.10. The summed E-state index contributed by atoms with van der Waals surface area (Å²) in [6.07, 6.45) is 7.46. The van der Waals surface area contributed by atoms with E-state index in [2.05, 4.69) is 28.1 Å². The van der Waals surface area contributed by atoms with Gasteiger partial charge in [-0.25, -0.2) is 0 Å². The van der Waals surface area contributed by atoms with Crippen LogP contribution in [0.25, 0.3) is 0 Å². The Hall–Kier alpha value is 0.280. The summed E-state index contributed by atoms with van der Waals surface area (Å²) in [5, 5.41) is 0.856. The van der Waals surface area contributed by atoms with Crippen LogP contribution in [0.1, 0.15) is 37.7 Å². The van der Waals surface area contributed by atoms with Gasteiger partial charge in [0.25, 0.3) is 0 Å². The van der Waals surface area contributed by atoms with Crippen molar-refractivity contribution >= 4 is 39.1 Å². The van der Waals surface area contributed by atoms with Crippen molar-refractivity contribution < 1.29 is 0 Å². The molecule has 0 saturated heterocycles. The van der Waals surface area contributed by atoms with Gasteiger partial charge in [0.2, 0.25) is 0 Å². The van der Waals surface area contributed by atoms with Crippen molar-refractivity contribution in [2.75, 3.05) is 5.88 Å². The van der Waals surface area contributed by atoms with Gasteiger partial charge in [0.15, 0.2) is 0 Å². The molecule has 1 aromatic carbocycles. The van der Waals surface area contributed by atoms with E-state index in [9.17, 15) is 0 Å². The van der Waals surface area contributed by atoms with Gasteiger partial charge in [0, 0.05) is 15.4 Å². The summed E-state index contributed by atoms with van der Waals surface area (Å²) in [6.45, 7) is 0. The molecule has 0 radical (unpaired) electrons. The number of rotatable bonds is 3. The summed E-state index contributed by atoms with van der Waals surface area (Å²) < 4.78 is 1.04. The van der Waals surface area contributed by atoms with E-state index in [0.29, 0.717) is 0 Å². The van der Waals surface area contributed by atoms with E-state index in [1.807, 2.05) is 6.07 Å². The van der Waals surface area contributed by atoms with Crippen LogP contribution in [0.3, 0.4) is 0 Å². The van der Waals surface area contributed by atoms with Crippen LogP contribution in [-0.4, -0.2) is 5.88 Å². The Kier molecular flexibility index (Phi) is 4.80. The minimum atomic E-state index is 0.275. The van der Waals surface area contributed by atoms with Gasteiger partial charge in [0.05, 0.1) is 0 Å². The minimum Gasteiger partial charge on any atom is -0.126 e. The molecule has 0 unspecified atom stereocenters. The van der Waals surface area contributed by atoms with Crippen LogP contribution in [0, 0.1) is 5.41 Å². The molecule has 17 heavy (non-hydrogen) atoms. The summed E-state index contributed by atoms with van der Waals surface area (Å²) in [6, 6.07) is 6.16. The van der Waals surface area contributed by atoms with Gasteiger partial charge in [-0.2, -0.15) is 0 Å². The van der Waals surface area contributed by atoms with Crippen molar-refractivity contribution in [1.29, 1.82) is 0 Å². The van der Waals surface area contributed by atoms with Crippen molar-refractivity contribution in [1.82, 2.24) is 0 Å². The third-order valence-corrected chi connectivity index (χ3v) is 5.19. The van der Waals surface area contributed by atoms with Crippen LogP contribution >= 0.6 is 39.1 Å². The standard InChI is InChI=1S/C14H17BrCl2/c15-12-5-4-11(13(17)8-12)9-14(10-16)6-2-1-3-7-14/h4-5,8H,1-3,6-7,9-10H2. The van der Waals surface area contributed by atoms with Crippen molar-refractivity contribution in [3.63, 3.8) is 0 Å². The first-order chi connectivity index (χ1) is 8.15. The Morgan fingerprint density at radius 2 is 1.88 bits per heavy atom. The lowest BCUT2D eigenvalue weighted by Gasteiger charge is -2.36. The zero-order valence-electron chi connectivity index (χ0n) is 9.82. The van der Waals surface area contributed by atoms with Crippen molar-refractivity contribution in [3.05, 3.63) is 33.3 Å². The van der Waals surface area contributed by atoms with Crippen LogP contribution in [0.5, 0.6) is 0 Å². The third-order valence-electron chi connectivity index (χ3n) is 3.78. The van der Waals surface area contributed by atoms with Crippen molar-refractivity contribution in [2.45, 2.75) is 38.5 Å². The lowest BCUT2D eigenvalue weighted by Crippen LogP contribution is -2.28. The fraction of sp³-hybridized carbons (Fsp3) is 0.571. The van der Waals surface area contributed by atoms with Gasteiger partial charge >= 0.3 is 0 Å². The Balaban J connectivity index is 2.17. The van der Waals surface area contributed by atoms with E-state index >= 15 is 0 Å². The number of hydrogen-bond donors (Lipinski definition) is 0. The second-order valence-corrected chi connectivity index (χ2v) is 6.70. The molecule has 1 aliphatic rings. The summed E-state index contributed by atoms with van der Waals surface area (Å²) in [5.74, 6) is 0.749. The fourth-order valence-corrected chi connectivity index (χ4v) is 3.83. The predicted octanol–water partition coefficient (Wildman–Crippen LogP) is 5.83. The average molecular weight is 336 g/mol. The topological polar surface area (TPSA) is 0 Å². The maximum absolute atomic E-state index is 6.29. The molecule has 0 amide bonds. The number of alkyl halides is 1.